The number of phenolic OH excluding ortho intramolecular Hbond substituents is 2. The number of aryl methyl sites for hydroxylation is 1. The van der Waals surface area contributed by atoms with Crippen LogP contribution in [0.25, 0.3) is 16.5 Å². The largest absolute Gasteiger partial charge is 0.506 e. The molecule has 0 amide bonds. The minimum absolute atomic E-state index is 0.0252. The number of rotatable bonds is 13. The topological polar surface area (TPSA) is 371 Å². The molecule has 4 aromatic carbocycles. The number of hydrogen-bond donors (Lipinski definition) is 7. The van der Waals surface area contributed by atoms with Crippen molar-refractivity contribution in [1.29, 1.82) is 0 Å². The highest BCUT2D eigenvalue weighted by Crippen LogP contribution is 2.41. The third-order valence-corrected chi connectivity index (χ3v) is 11.5. The normalized spacial score (nSPS) is 12.9. The minimum Gasteiger partial charge on any atom is -0.506 e. The van der Waals surface area contributed by atoms with Crippen molar-refractivity contribution in [2.45, 2.75) is 21.6 Å². The molecule has 0 aliphatic heterocycles. The van der Waals surface area contributed by atoms with Crippen LogP contribution in [0.3, 0.4) is 0 Å². The molecule has 5 rings (SSSR count). The van der Waals surface area contributed by atoms with E-state index in [1.165, 1.54) is 13.0 Å². The first-order valence-electron chi connectivity index (χ1n) is 14.8. The average Bonchev–Trinajstić information content (AvgIpc) is 3.42. The molecular formula is C29H24N6O17S4. The molecule has 0 saturated heterocycles. The average molecular weight is 857 g/mol. The fraction of sp³-hybridized carbons (Fsp3) is 0.103. The van der Waals surface area contributed by atoms with Crippen molar-refractivity contribution in [3.8, 4) is 17.2 Å². The highest BCUT2D eigenvalue weighted by atomic mass is 32.3. The molecule has 1 heterocycles. The molecule has 0 radical (unpaired) electrons. The quantitative estimate of drug-likeness (QED) is 0.0656. The van der Waals surface area contributed by atoms with Gasteiger partial charge in [0.25, 0.3) is 25.8 Å². The van der Waals surface area contributed by atoms with Crippen LogP contribution in [-0.2, 0) is 44.7 Å². The summed E-state index contributed by atoms with van der Waals surface area (Å²) in [7, 11) is -18.8. The molecule has 0 bridgehead atoms. The van der Waals surface area contributed by atoms with Gasteiger partial charge in [0.2, 0.25) is 0 Å². The van der Waals surface area contributed by atoms with E-state index in [0.29, 0.717) is 4.68 Å². The summed E-state index contributed by atoms with van der Waals surface area (Å²) in [6, 6.07) is 9.93. The van der Waals surface area contributed by atoms with Crippen LogP contribution in [0, 0.1) is 6.92 Å². The number of phenols is 2. The number of nitrogens with zero attached hydrogens (tertiary/aromatic N) is 5. The summed E-state index contributed by atoms with van der Waals surface area (Å²) in [6.07, 6.45) is 0. The summed E-state index contributed by atoms with van der Waals surface area (Å²) in [5.74, 6) is -4.10. The molecule has 27 heteroatoms. The van der Waals surface area contributed by atoms with E-state index in [9.17, 15) is 67.7 Å². The third-order valence-electron chi connectivity index (χ3n) is 7.51. The van der Waals surface area contributed by atoms with Gasteiger partial charge in [-0.1, -0.05) is 6.07 Å². The zero-order valence-electron chi connectivity index (χ0n) is 27.7. The fourth-order valence-electron chi connectivity index (χ4n) is 4.95. The Kier molecular flexibility index (Phi) is 11.0. The van der Waals surface area contributed by atoms with Crippen LogP contribution < -0.4 is 5.56 Å². The molecular weight excluding hydrogens is 833 g/mol. The number of fused-ring (bicyclic) bond motifs is 1. The molecule has 296 valence electrons. The molecule has 56 heavy (non-hydrogen) atoms. The van der Waals surface area contributed by atoms with E-state index in [4.69, 9.17) is 4.55 Å². The Bertz CT molecular complexity index is 3010. The molecule has 0 saturated carbocycles. The highest BCUT2D eigenvalue weighted by molar-refractivity contribution is 7.91. The van der Waals surface area contributed by atoms with Gasteiger partial charge in [0, 0.05) is 11.5 Å². The van der Waals surface area contributed by atoms with Crippen molar-refractivity contribution in [3.63, 3.8) is 0 Å². The van der Waals surface area contributed by atoms with Crippen LogP contribution in [0.1, 0.15) is 16.1 Å². The lowest BCUT2D eigenvalue weighted by atomic mass is 10.1. The standard InChI is InChI=1S/C29H24N6O17S4/c1-14-10-20(22(36)13-23(14)53(41,42)9-8-52-56(49,50)51)31-32-21-12-18-15(11-24(21)55(46,47)48)2-7-19(27(18)37)30-33-25-26(29(39)40)34-35(28(25)38)16-3-5-17(6-4-16)54(43,44)45/h2-7,10-13,34,36-37H,8-9H2,1H3,(H,39,40)(H,43,44,45)(H,46,47,48)(H,49,50,51). The van der Waals surface area contributed by atoms with Gasteiger partial charge in [-0.2, -0.15) is 25.3 Å². The van der Waals surface area contributed by atoms with E-state index in [1.54, 1.807) is 0 Å². The number of azo groups is 2. The Morgan fingerprint density at radius 2 is 1.39 bits per heavy atom. The van der Waals surface area contributed by atoms with E-state index in [0.717, 1.165) is 54.6 Å². The highest BCUT2D eigenvalue weighted by Gasteiger charge is 2.24. The molecule has 5 aromatic rings. The summed E-state index contributed by atoms with van der Waals surface area (Å²) in [5.41, 5.74) is -4.16. The monoisotopic (exact) mass is 856 g/mol. The SMILES string of the molecule is Cc1cc(N=Nc2cc3c(O)c(N=Nc4c(C(=O)O)[nH]n(-c5ccc(S(=O)(=O)O)cc5)c4=O)ccc3cc2S(=O)(=O)O)c(O)cc1S(=O)(=O)CCOS(=O)(=O)O. The lowest BCUT2D eigenvalue weighted by Gasteiger charge is -2.10. The Balaban J connectivity index is 1.53. The third kappa shape index (κ3) is 8.95. The van der Waals surface area contributed by atoms with Crippen LogP contribution in [0.15, 0.2) is 101 Å². The van der Waals surface area contributed by atoms with Gasteiger partial charge < -0.3 is 15.3 Å². The lowest BCUT2D eigenvalue weighted by Crippen LogP contribution is -2.16. The van der Waals surface area contributed by atoms with Gasteiger partial charge in [0.15, 0.2) is 27.0 Å². The van der Waals surface area contributed by atoms with Crippen LogP contribution in [0.4, 0.5) is 22.7 Å². The summed E-state index contributed by atoms with van der Waals surface area (Å²) in [5, 5.41) is 48.3. The zero-order valence-corrected chi connectivity index (χ0v) is 31.0. The van der Waals surface area contributed by atoms with E-state index >= 15 is 0 Å². The number of nitrogens with one attached hydrogen (secondary N) is 1. The summed E-state index contributed by atoms with van der Waals surface area (Å²) in [6.45, 7) is 0.321. The van der Waals surface area contributed by atoms with E-state index in [1.807, 2.05) is 0 Å². The molecule has 0 aliphatic rings. The fourth-order valence-corrected chi connectivity index (χ4v) is 7.83. The Labute approximate surface area is 314 Å². The first kappa shape index (κ1) is 41.2. The Morgan fingerprint density at radius 3 is 1.98 bits per heavy atom. The number of aromatic amines is 1. The van der Waals surface area contributed by atoms with Gasteiger partial charge in [-0.05, 0) is 66.4 Å². The van der Waals surface area contributed by atoms with Crippen LogP contribution >= 0.6 is 0 Å². The number of benzene rings is 4. The first-order chi connectivity index (χ1) is 25.9. The lowest BCUT2D eigenvalue weighted by molar-refractivity contribution is 0.0690. The van der Waals surface area contributed by atoms with Crippen molar-refractivity contribution in [2.24, 2.45) is 20.5 Å². The van der Waals surface area contributed by atoms with Gasteiger partial charge >= 0.3 is 16.4 Å². The van der Waals surface area contributed by atoms with Crippen LogP contribution in [0.2, 0.25) is 0 Å². The molecule has 23 nitrogen and oxygen atoms in total. The van der Waals surface area contributed by atoms with Crippen molar-refractivity contribution in [3.05, 3.63) is 82.3 Å². The maximum Gasteiger partial charge on any atom is 0.397 e. The van der Waals surface area contributed by atoms with Crippen molar-refractivity contribution in [2.75, 3.05) is 12.4 Å². The number of aromatic nitrogens is 2. The van der Waals surface area contributed by atoms with E-state index in [2.05, 4.69) is 29.7 Å². The van der Waals surface area contributed by atoms with Crippen molar-refractivity contribution in [1.82, 2.24) is 9.78 Å². The van der Waals surface area contributed by atoms with Gasteiger partial charge in [-0.15, -0.1) is 20.5 Å². The first-order valence-corrected chi connectivity index (χ1v) is 20.7. The number of hydrogen-bond acceptors (Lipinski definition) is 17. The minimum atomic E-state index is -5.04. The maximum absolute atomic E-state index is 13.1. The second kappa shape index (κ2) is 15.0. The van der Waals surface area contributed by atoms with E-state index < -0.39 is 119 Å². The van der Waals surface area contributed by atoms with E-state index in [-0.39, 0.29) is 22.0 Å². The number of carboxylic acid groups (broad SMARTS) is 1. The molecule has 0 unspecified atom stereocenters. The number of carbonyl (C=O) groups is 1. The number of H-pyrrole nitrogens is 1. The molecule has 0 fully saturated rings. The van der Waals surface area contributed by atoms with Gasteiger partial charge in [-0.3, -0.25) is 23.6 Å². The number of sulfone groups is 1. The molecule has 0 spiro atoms. The van der Waals surface area contributed by atoms with Gasteiger partial charge in [-0.25, -0.2) is 22.1 Å². The smallest absolute Gasteiger partial charge is 0.397 e. The molecule has 1 aromatic heterocycles. The zero-order chi connectivity index (χ0) is 41.5. The second-order valence-electron chi connectivity index (χ2n) is 11.3. The molecule has 0 atom stereocenters. The van der Waals surface area contributed by atoms with Crippen LogP contribution in [-0.4, -0.2) is 90.8 Å². The predicted octanol–water partition coefficient (Wildman–Crippen LogP) is 3.65. The number of aromatic hydroxyl groups is 2. The summed E-state index contributed by atoms with van der Waals surface area (Å²) >= 11 is 0. The molecule has 7 N–H and O–H groups in total. The number of carboxylic acids is 1. The Hall–Kier alpha value is -5.94. The predicted molar refractivity (Wildman–Crippen MR) is 189 cm³/mol. The van der Waals surface area contributed by atoms with Gasteiger partial charge in [0.1, 0.15) is 27.7 Å². The van der Waals surface area contributed by atoms with Crippen molar-refractivity contribution < 1.29 is 71.6 Å². The summed E-state index contributed by atoms with van der Waals surface area (Å²) < 4.78 is 127. The maximum atomic E-state index is 13.1. The second-order valence-corrected chi connectivity index (χ2v) is 17.3. The van der Waals surface area contributed by atoms with Gasteiger partial charge in [0.05, 0.1) is 27.8 Å². The van der Waals surface area contributed by atoms with Crippen LogP contribution in [0.5, 0.6) is 11.5 Å². The number of aromatic carboxylic acids is 1. The summed E-state index contributed by atoms with van der Waals surface area (Å²) in [4.78, 5) is 23.3. The Morgan fingerprint density at radius 1 is 0.768 bits per heavy atom. The molecule has 0 aliphatic carbocycles. The van der Waals surface area contributed by atoms with Crippen molar-refractivity contribution >= 4 is 80.0 Å².